The molecule has 25 heavy (non-hydrogen) atoms. The lowest BCUT2D eigenvalue weighted by Gasteiger charge is -2.19. The average Bonchev–Trinajstić information content (AvgIpc) is 3.01. The largest absolute Gasteiger partial charge is 0.396 e. The first kappa shape index (κ1) is 22.4. The molecular weight excluding hydrogens is 312 g/mol. The van der Waals surface area contributed by atoms with Gasteiger partial charge < -0.3 is 15.3 Å². The fourth-order valence-electron chi connectivity index (χ4n) is 3.77. The minimum absolute atomic E-state index is 0.0330. The van der Waals surface area contributed by atoms with Crippen LogP contribution in [0.1, 0.15) is 90.4 Å². The van der Waals surface area contributed by atoms with E-state index in [0.29, 0.717) is 6.42 Å². The van der Waals surface area contributed by atoms with Gasteiger partial charge in [0.2, 0.25) is 0 Å². The van der Waals surface area contributed by atoms with Gasteiger partial charge in [-0.2, -0.15) is 0 Å². The standard InChI is InChI=1S/C22H40O3/c1-2-3-4-5-6-9-13-20-15-12-16-21(20)14-10-7-8-11-17-22(24,25)18-19-23/h7,9-10,13,20-21,23-25H,2-6,8,11-12,14-19H2,1H3/t20-,21-/m0/s1. The molecular formula is C22H40O3. The first-order valence-corrected chi connectivity index (χ1v) is 10.5. The van der Waals surface area contributed by atoms with Gasteiger partial charge in [0.15, 0.2) is 5.79 Å². The van der Waals surface area contributed by atoms with Crippen LogP contribution in [0.2, 0.25) is 0 Å². The predicted octanol–water partition coefficient (Wildman–Crippen LogP) is 5.11. The summed E-state index contributed by atoms with van der Waals surface area (Å²) in [4.78, 5) is 0. The molecule has 0 aromatic rings. The highest BCUT2D eigenvalue weighted by atomic mass is 16.5. The van der Waals surface area contributed by atoms with Gasteiger partial charge in [0.1, 0.15) is 0 Å². The summed E-state index contributed by atoms with van der Waals surface area (Å²) in [5, 5.41) is 27.9. The van der Waals surface area contributed by atoms with Crippen molar-refractivity contribution in [3.8, 4) is 0 Å². The molecule has 0 bridgehead atoms. The molecule has 0 unspecified atom stereocenters. The minimum Gasteiger partial charge on any atom is -0.396 e. The van der Waals surface area contributed by atoms with Crippen molar-refractivity contribution in [2.24, 2.45) is 11.8 Å². The molecule has 0 amide bonds. The number of hydrogen-bond acceptors (Lipinski definition) is 3. The van der Waals surface area contributed by atoms with Crippen LogP contribution in [0.15, 0.2) is 24.3 Å². The van der Waals surface area contributed by atoms with Crippen molar-refractivity contribution in [2.75, 3.05) is 6.61 Å². The number of aliphatic hydroxyl groups is 3. The molecule has 0 radical (unpaired) electrons. The van der Waals surface area contributed by atoms with Gasteiger partial charge in [0.05, 0.1) is 0 Å². The van der Waals surface area contributed by atoms with E-state index in [1.807, 2.05) is 0 Å². The normalized spacial score (nSPS) is 21.8. The Morgan fingerprint density at radius 3 is 2.48 bits per heavy atom. The van der Waals surface area contributed by atoms with Crippen molar-refractivity contribution in [1.29, 1.82) is 0 Å². The van der Waals surface area contributed by atoms with Gasteiger partial charge in [0, 0.05) is 19.4 Å². The minimum atomic E-state index is -1.71. The third-order valence-electron chi connectivity index (χ3n) is 5.39. The van der Waals surface area contributed by atoms with Crippen LogP contribution in [0.25, 0.3) is 0 Å². The summed E-state index contributed by atoms with van der Waals surface area (Å²) >= 11 is 0. The molecule has 3 N–H and O–H groups in total. The third-order valence-corrected chi connectivity index (χ3v) is 5.39. The molecule has 3 nitrogen and oxygen atoms in total. The zero-order valence-electron chi connectivity index (χ0n) is 16.2. The van der Waals surface area contributed by atoms with Gasteiger partial charge in [0.25, 0.3) is 0 Å². The summed E-state index contributed by atoms with van der Waals surface area (Å²) in [6, 6.07) is 0. The maximum Gasteiger partial charge on any atom is 0.164 e. The molecule has 0 aromatic carbocycles. The third kappa shape index (κ3) is 10.8. The van der Waals surface area contributed by atoms with Crippen LogP contribution in [0.3, 0.4) is 0 Å². The first-order valence-electron chi connectivity index (χ1n) is 10.5. The van der Waals surface area contributed by atoms with Crippen LogP contribution >= 0.6 is 0 Å². The van der Waals surface area contributed by atoms with Crippen LogP contribution in [0.5, 0.6) is 0 Å². The molecule has 1 saturated carbocycles. The number of hydrogen-bond donors (Lipinski definition) is 3. The Morgan fingerprint density at radius 1 is 0.920 bits per heavy atom. The molecule has 3 heteroatoms. The van der Waals surface area contributed by atoms with Crippen LogP contribution in [-0.4, -0.2) is 27.7 Å². The monoisotopic (exact) mass is 352 g/mol. The van der Waals surface area contributed by atoms with E-state index in [4.69, 9.17) is 5.11 Å². The number of rotatable bonds is 14. The number of allylic oxidation sites excluding steroid dienone is 4. The van der Waals surface area contributed by atoms with Crippen molar-refractivity contribution in [3.63, 3.8) is 0 Å². The molecule has 0 spiro atoms. The molecule has 1 fully saturated rings. The van der Waals surface area contributed by atoms with E-state index >= 15 is 0 Å². The van der Waals surface area contributed by atoms with E-state index in [-0.39, 0.29) is 13.0 Å². The molecule has 1 aliphatic rings. The second-order valence-corrected chi connectivity index (χ2v) is 7.69. The van der Waals surface area contributed by atoms with E-state index in [2.05, 4.69) is 31.2 Å². The van der Waals surface area contributed by atoms with Crippen molar-refractivity contribution in [2.45, 2.75) is 96.2 Å². The van der Waals surface area contributed by atoms with Gasteiger partial charge in [-0.1, -0.05) is 56.9 Å². The molecule has 1 rings (SSSR count). The zero-order chi connectivity index (χ0) is 18.4. The molecule has 1 aliphatic carbocycles. The second kappa shape index (κ2) is 13.5. The quantitative estimate of drug-likeness (QED) is 0.231. The van der Waals surface area contributed by atoms with Gasteiger partial charge in [-0.15, -0.1) is 0 Å². The van der Waals surface area contributed by atoms with E-state index in [1.54, 1.807) is 0 Å². The Balaban J connectivity index is 2.16. The van der Waals surface area contributed by atoms with Crippen molar-refractivity contribution >= 4 is 0 Å². The van der Waals surface area contributed by atoms with Crippen molar-refractivity contribution in [1.82, 2.24) is 0 Å². The Kier molecular flexibility index (Phi) is 12.1. The van der Waals surface area contributed by atoms with Gasteiger partial charge in [-0.3, -0.25) is 0 Å². The maximum atomic E-state index is 9.59. The van der Waals surface area contributed by atoms with Crippen LogP contribution in [-0.2, 0) is 0 Å². The van der Waals surface area contributed by atoms with Gasteiger partial charge in [-0.05, 0) is 56.8 Å². The maximum absolute atomic E-state index is 9.59. The van der Waals surface area contributed by atoms with Gasteiger partial charge in [-0.25, -0.2) is 0 Å². The zero-order valence-corrected chi connectivity index (χ0v) is 16.2. The average molecular weight is 353 g/mol. The molecule has 0 saturated heterocycles. The van der Waals surface area contributed by atoms with E-state index < -0.39 is 5.79 Å². The highest BCUT2D eigenvalue weighted by molar-refractivity contribution is 4.97. The molecule has 2 atom stereocenters. The number of aliphatic hydroxyl groups excluding tert-OH is 1. The van der Waals surface area contributed by atoms with Gasteiger partial charge >= 0.3 is 0 Å². The molecule has 0 heterocycles. The Labute approximate surface area is 154 Å². The highest BCUT2D eigenvalue weighted by Crippen LogP contribution is 2.35. The Bertz CT molecular complexity index is 373. The second-order valence-electron chi connectivity index (χ2n) is 7.69. The van der Waals surface area contributed by atoms with Crippen LogP contribution in [0, 0.1) is 11.8 Å². The molecule has 146 valence electrons. The van der Waals surface area contributed by atoms with E-state index in [9.17, 15) is 10.2 Å². The van der Waals surface area contributed by atoms with Crippen molar-refractivity contribution < 1.29 is 15.3 Å². The lowest BCUT2D eigenvalue weighted by molar-refractivity contribution is -0.175. The summed E-state index contributed by atoms with van der Waals surface area (Å²) in [5.41, 5.74) is 0. The fourth-order valence-corrected chi connectivity index (χ4v) is 3.77. The van der Waals surface area contributed by atoms with E-state index in [0.717, 1.165) is 31.1 Å². The topological polar surface area (TPSA) is 60.7 Å². The highest BCUT2D eigenvalue weighted by Gasteiger charge is 2.23. The smallest absolute Gasteiger partial charge is 0.164 e. The Hall–Kier alpha value is -0.640. The summed E-state index contributed by atoms with van der Waals surface area (Å²) in [6.45, 7) is 2.07. The first-order chi connectivity index (χ1) is 12.1. The van der Waals surface area contributed by atoms with Crippen molar-refractivity contribution in [3.05, 3.63) is 24.3 Å². The predicted molar refractivity (Wildman–Crippen MR) is 105 cm³/mol. The summed E-state index contributed by atoms with van der Waals surface area (Å²) < 4.78 is 0. The lowest BCUT2D eigenvalue weighted by atomic mass is 9.92. The van der Waals surface area contributed by atoms with E-state index in [1.165, 1.54) is 51.4 Å². The molecule has 0 aliphatic heterocycles. The summed E-state index contributed by atoms with van der Waals surface area (Å²) in [7, 11) is 0. The lowest BCUT2D eigenvalue weighted by Crippen LogP contribution is -2.28. The van der Waals surface area contributed by atoms with Crippen LogP contribution < -0.4 is 0 Å². The molecule has 0 aromatic heterocycles. The summed E-state index contributed by atoms with van der Waals surface area (Å²) in [5.74, 6) is -0.170. The Morgan fingerprint density at radius 2 is 1.72 bits per heavy atom. The SMILES string of the molecule is CCCCCCC=C[C@H]1CCC[C@@H]1CC=CCCCC(O)(O)CCO. The fraction of sp³-hybridized carbons (Fsp3) is 0.818. The number of unbranched alkanes of at least 4 members (excludes halogenated alkanes) is 5. The van der Waals surface area contributed by atoms with Crippen LogP contribution in [0.4, 0.5) is 0 Å². The summed E-state index contributed by atoms with van der Waals surface area (Å²) in [6.07, 6.45) is 23.1.